The molecule has 0 bridgehead atoms. The van der Waals surface area contributed by atoms with Crippen LogP contribution < -0.4 is 5.56 Å². The second kappa shape index (κ2) is 12.5. The summed E-state index contributed by atoms with van der Waals surface area (Å²) >= 11 is 1.38. The van der Waals surface area contributed by atoms with Crippen molar-refractivity contribution in [3.63, 3.8) is 0 Å². The second-order valence-corrected chi connectivity index (χ2v) is 13.7. The van der Waals surface area contributed by atoms with Crippen molar-refractivity contribution < 1.29 is 14.7 Å². The fourth-order valence-electron chi connectivity index (χ4n) is 6.97. The lowest BCUT2D eigenvalue weighted by Crippen LogP contribution is -2.53. The van der Waals surface area contributed by atoms with Gasteiger partial charge in [0.1, 0.15) is 21.9 Å². The monoisotopic (exact) mass is 651 g/mol. The van der Waals surface area contributed by atoms with E-state index >= 15 is 0 Å². The minimum atomic E-state index is -1.12. The van der Waals surface area contributed by atoms with Crippen molar-refractivity contribution in [1.29, 1.82) is 0 Å². The van der Waals surface area contributed by atoms with Gasteiger partial charge in [-0.3, -0.25) is 23.9 Å². The van der Waals surface area contributed by atoms with Crippen LogP contribution in [0.15, 0.2) is 78.2 Å². The topological polar surface area (TPSA) is 126 Å². The van der Waals surface area contributed by atoms with Crippen LogP contribution in [0, 0.1) is 12.8 Å². The maximum atomic E-state index is 14.1. The van der Waals surface area contributed by atoms with Gasteiger partial charge in [-0.05, 0) is 49.9 Å². The second-order valence-electron chi connectivity index (χ2n) is 12.7. The summed E-state index contributed by atoms with van der Waals surface area (Å²) in [5.41, 5.74) is 1.89. The summed E-state index contributed by atoms with van der Waals surface area (Å²) in [6.45, 7) is 3.66. The average molecular weight is 652 g/mol. The Balaban J connectivity index is 1.05. The summed E-state index contributed by atoms with van der Waals surface area (Å²) in [5, 5.41) is 12.8. The number of hydrogen-bond donors (Lipinski definition) is 1. The Labute approximate surface area is 276 Å². The van der Waals surface area contributed by atoms with Crippen LogP contribution in [0.4, 0.5) is 0 Å². The predicted octanol–water partition coefficient (Wildman–Crippen LogP) is 3.86. The molecule has 1 aromatic carbocycles. The van der Waals surface area contributed by atoms with Crippen LogP contribution in [-0.4, -0.2) is 82.6 Å². The van der Waals surface area contributed by atoms with Gasteiger partial charge in [-0.25, -0.2) is 9.97 Å². The van der Waals surface area contributed by atoms with E-state index in [2.05, 4.69) is 15.0 Å². The van der Waals surface area contributed by atoms with Gasteiger partial charge in [0.2, 0.25) is 5.91 Å². The SMILES string of the molecule is Cc1nc(-c2cccnc2)sc1C(=O)N1CC[C@@H](C(=O)N2CCC(O)(Cn3cnc4c(ccn4C)c3=O)CC2)[C@H](c2ccccc2)C1. The number of hydrogen-bond acceptors (Lipinski definition) is 8. The molecule has 4 aromatic heterocycles. The molecule has 7 rings (SSSR count). The molecular weight excluding hydrogens is 614 g/mol. The average Bonchev–Trinajstić information content (AvgIpc) is 3.68. The third-order valence-corrected chi connectivity index (χ3v) is 10.9. The summed E-state index contributed by atoms with van der Waals surface area (Å²) in [5.74, 6) is -0.488. The van der Waals surface area contributed by atoms with E-state index in [-0.39, 0.29) is 35.8 Å². The Morgan fingerprint density at radius 2 is 1.83 bits per heavy atom. The first-order valence-electron chi connectivity index (χ1n) is 15.9. The standard InChI is InChI=1S/C35H37N7O4S/c1-23-29(47-31(38-23)25-9-6-14-36-19-25)34(45)41-16-11-26(28(20-41)24-7-4-3-5-8-24)32(43)40-17-12-35(46,13-18-40)21-42-22-37-30-27(33(42)44)10-15-39(30)2/h3-10,14-15,19,22,26,28,46H,11-13,16-18,20-21H2,1-2H3/t26-,28+/m1/s1. The Bertz CT molecular complexity index is 1980. The number of fused-ring (bicyclic) bond motifs is 1. The third-order valence-electron chi connectivity index (χ3n) is 9.67. The molecule has 11 nitrogen and oxygen atoms in total. The first-order chi connectivity index (χ1) is 22.7. The zero-order valence-corrected chi connectivity index (χ0v) is 27.3. The number of nitrogens with zero attached hydrogens (tertiary/aromatic N) is 7. The number of aryl methyl sites for hydroxylation is 2. The summed E-state index contributed by atoms with van der Waals surface area (Å²) < 4.78 is 3.27. The van der Waals surface area contributed by atoms with Crippen LogP contribution in [0.1, 0.15) is 46.1 Å². The molecule has 0 saturated carbocycles. The highest BCUT2D eigenvalue weighted by molar-refractivity contribution is 7.17. The van der Waals surface area contributed by atoms with Gasteiger partial charge in [-0.2, -0.15) is 0 Å². The highest BCUT2D eigenvalue weighted by atomic mass is 32.1. The molecule has 2 aliphatic rings. The molecule has 12 heteroatoms. The maximum absolute atomic E-state index is 14.1. The van der Waals surface area contributed by atoms with Crippen molar-refractivity contribution in [2.45, 2.75) is 44.2 Å². The summed E-state index contributed by atoms with van der Waals surface area (Å²) in [7, 11) is 1.84. The van der Waals surface area contributed by atoms with E-state index in [1.807, 2.05) is 66.2 Å². The van der Waals surface area contributed by atoms with Crippen LogP contribution in [0.25, 0.3) is 21.6 Å². The van der Waals surface area contributed by atoms with Crippen molar-refractivity contribution in [2.75, 3.05) is 26.2 Å². The van der Waals surface area contributed by atoms with Gasteiger partial charge in [-0.15, -0.1) is 11.3 Å². The van der Waals surface area contributed by atoms with Crippen molar-refractivity contribution in [2.24, 2.45) is 13.0 Å². The molecule has 0 spiro atoms. The van der Waals surface area contributed by atoms with E-state index in [1.165, 1.54) is 22.2 Å². The maximum Gasteiger partial charge on any atom is 0.265 e. The molecule has 2 saturated heterocycles. The predicted molar refractivity (Wildman–Crippen MR) is 179 cm³/mol. The van der Waals surface area contributed by atoms with E-state index in [1.54, 1.807) is 29.2 Å². The fourth-order valence-corrected chi connectivity index (χ4v) is 7.99. The summed E-state index contributed by atoms with van der Waals surface area (Å²) in [6, 6.07) is 15.5. The number of carbonyl (C=O) groups excluding carboxylic acids is 2. The van der Waals surface area contributed by atoms with Gasteiger partial charge in [0.15, 0.2) is 0 Å². The molecule has 0 aliphatic carbocycles. The first-order valence-corrected chi connectivity index (χ1v) is 16.8. The molecular formula is C35H37N7O4S. The molecule has 2 fully saturated rings. The molecule has 2 amide bonds. The fraction of sp³-hybridized carbons (Fsp3) is 0.371. The van der Waals surface area contributed by atoms with E-state index in [0.29, 0.717) is 67.0 Å². The van der Waals surface area contributed by atoms with E-state index in [9.17, 15) is 19.5 Å². The molecule has 0 radical (unpaired) electrons. The molecule has 47 heavy (non-hydrogen) atoms. The van der Waals surface area contributed by atoms with Crippen LogP contribution in [0.3, 0.4) is 0 Å². The summed E-state index contributed by atoms with van der Waals surface area (Å²) in [6.07, 6.45) is 8.00. The smallest absolute Gasteiger partial charge is 0.265 e. The number of aromatic nitrogens is 5. The highest BCUT2D eigenvalue weighted by Crippen LogP contribution is 2.37. The Morgan fingerprint density at radius 3 is 2.57 bits per heavy atom. The molecule has 242 valence electrons. The lowest BCUT2D eigenvalue weighted by Gasteiger charge is -2.43. The number of pyridine rings is 1. The quantitative estimate of drug-likeness (QED) is 0.296. The molecule has 2 aliphatic heterocycles. The zero-order chi connectivity index (χ0) is 32.7. The Morgan fingerprint density at radius 1 is 1.04 bits per heavy atom. The van der Waals surface area contributed by atoms with Crippen LogP contribution in [0.5, 0.6) is 0 Å². The number of rotatable bonds is 6. The van der Waals surface area contributed by atoms with Crippen molar-refractivity contribution in [3.8, 4) is 10.6 Å². The van der Waals surface area contributed by atoms with E-state index < -0.39 is 5.60 Å². The van der Waals surface area contributed by atoms with Gasteiger partial charge >= 0.3 is 0 Å². The largest absolute Gasteiger partial charge is 0.388 e. The lowest BCUT2D eigenvalue weighted by molar-refractivity contribution is -0.142. The zero-order valence-electron chi connectivity index (χ0n) is 26.5. The minimum Gasteiger partial charge on any atom is -0.388 e. The summed E-state index contributed by atoms with van der Waals surface area (Å²) in [4.78, 5) is 58.6. The normalized spacial score (nSPS) is 19.6. The molecule has 2 atom stereocenters. The molecule has 6 heterocycles. The molecule has 5 aromatic rings. The van der Waals surface area contributed by atoms with Crippen molar-refractivity contribution >= 4 is 34.2 Å². The van der Waals surface area contributed by atoms with Crippen LogP contribution >= 0.6 is 11.3 Å². The van der Waals surface area contributed by atoms with Crippen LogP contribution in [-0.2, 0) is 18.4 Å². The number of piperidine rings is 2. The number of thiazole rings is 1. The van der Waals surface area contributed by atoms with Crippen molar-refractivity contribution in [3.05, 3.63) is 99.9 Å². The number of amides is 2. The molecule has 1 N–H and O–H groups in total. The van der Waals surface area contributed by atoms with Crippen LogP contribution in [0.2, 0.25) is 0 Å². The Kier molecular flexibility index (Phi) is 8.23. The van der Waals surface area contributed by atoms with Gasteiger partial charge in [0.25, 0.3) is 11.5 Å². The number of aliphatic hydroxyl groups is 1. The van der Waals surface area contributed by atoms with Gasteiger partial charge < -0.3 is 19.5 Å². The van der Waals surface area contributed by atoms with E-state index in [0.717, 1.165) is 16.1 Å². The van der Waals surface area contributed by atoms with Gasteiger partial charge in [-0.1, -0.05) is 30.3 Å². The van der Waals surface area contributed by atoms with Gasteiger partial charge in [0.05, 0.1) is 23.2 Å². The minimum absolute atomic E-state index is 0.0466. The first kappa shape index (κ1) is 30.9. The van der Waals surface area contributed by atoms with Crippen molar-refractivity contribution in [1.82, 2.24) is 33.9 Å². The van der Waals surface area contributed by atoms with Gasteiger partial charge in [0, 0.05) is 69.2 Å². The number of carbonyl (C=O) groups is 2. The third kappa shape index (κ3) is 5.98. The Hall–Kier alpha value is -4.68. The number of likely N-dealkylation sites (tertiary alicyclic amines) is 2. The lowest BCUT2D eigenvalue weighted by atomic mass is 9.79. The molecule has 0 unspecified atom stereocenters. The highest BCUT2D eigenvalue weighted by Gasteiger charge is 2.42. The number of benzene rings is 1. The van der Waals surface area contributed by atoms with E-state index in [4.69, 9.17) is 0 Å².